The van der Waals surface area contributed by atoms with Crippen molar-refractivity contribution >= 4 is 29.0 Å². The second kappa shape index (κ2) is 6.47. The number of hydrazone groups is 1. The minimum atomic E-state index is -0.478. The molecule has 0 saturated carbocycles. The number of fused-ring (bicyclic) bond motifs is 1. The highest BCUT2D eigenvalue weighted by atomic mass is 35.5. The molecule has 1 aromatic carbocycles. The van der Waals surface area contributed by atoms with Crippen LogP contribution < -0.4 is 14.9 Å². The summed E-state index contributed by atoms with van der Waals surface area (Å²) < 4.78 is 15.7. The summed E-state index contributed by atoms with van der Waals surface area (Å²) in [6.45, 7) is 4.53. The van der Waals surface area contributed by atoms with Crippen LogP contribution in [0.1, 0.15) is 13.8 Å². The number of carbonyl (C=O) groups is 1. The third-order valence-corrected chi connectivity index (χ3v) is 2.94. The zero-order valence-electron chi connectivity index (χ0n) is 11.2. The van der Waals surface area contributed by atoms with Gasteiger partial charge in [-0.3, -0.25) is 5.43 Å². The molecule has 0 fully saturated rings. The highest BCUT2D eigenvalue weighted by molar-refractivity contribution is 6.36. The van der Waals surface area contributed by atoms with E-state index in [1.54, 1.807) is 26.0 Å². The Kier molecular flexibility index (Phi) is 4.68. The van der Waals surface area contributed by atoms with Crippen LogP contribution in [0.15, 0.2) is 17.2 Å². The van der Waals surface area contributed by atoms with E-state index in [2.05, 4.69) is 10.5 Å². The van der Waals surface area contributed by atoms with Gasteiger partial charge in [0.1, 0.15) is 23.9 Å². The molecule has 0 radical (unpaired) electrons. The fourth-order valence-corrected chi connectivity index (χ4v) is 1.85. The van der Waals surface area contributed by atoms with Crippen LogP contribution in [0.25, 0.3) is 0 Å². The maximum atomic E-state index is 11.4. The minimum absolute atomic E-state index is 0.206. The van der Waals surface area contributed by atoms with Gasteiger partial charge in [-0.1, -0.05) is 11.6 Å². The summed E-state index contributed by atoms with van der Waals surface area (Å²) >= 11 is 6.20. The van der Waals surface area contributed by atoms with Gasteiger partial charge in [-0.25, -0.2) is 4.79 Å². The molecule has 0 spiro atoms. The molecule has 7 heteroatoms. The maximum Gasteiger partial charge on any atom is 0.354 e. The lowest BCUT2D eigenvalue weighted by molar-refractivity contribution is -0.135. The molecule has 108 valence electrons. The van der Waals surface area contributed by atoms with Crippen LogP contribution in [0.2, 0.25) is 5.02 Å². The molecular weight excluding hydrogens is 284 g/mol. The topological polar surface area (TPSA) is 69.2 Å². The molecule has 0 bridgehead atoms. The number of esters is 1. The molecule has 1 aromatic rings. The number of nitrogens with one attached hydrogen (secondary N) is 1. The maximum absolute atomic E-state index is 11.4. The monoisotopic (exact) mass is 298 g/mol. The Balaban J connectivity index is 2.14. The number of benzene rings is 1. The predicted molar refractivity (Wildman–Crippen MR) is 75.8 cm³/mol. The van der Waals surface area contributed by atoms with Crippen molar-refractivity contribution in [2.24, 2.45) is 5.10 Å². The largest absolute Gasteiger partial charge is 0.486 e. The van der Waals surface area contributed by atoms with Crippen molar-refractivity contribution < 1.29 is 19.0 Å². The summed E-state index contributed by atoms with van der Waals surface area (Å²) in [6.07, 6.45) is 0. The van der Waals surface area contributed by atoms with Gasteiger partial charge in [-0.15, -0.1) is 0 Å². The van der Waals surface area contributed by atoms with Gasteiger partial charge < -0.3 is 14.2 Å². The number of rotatable bonds is 4. The smallest absolute Gasteiger partial charge is 0.354 e. The Bertz CT molecular complexity index is 545. The van der Waals surface area contributed by atoms with Gasteiger partial charge in [-0.2, -0.15) is 5.10 Å². The lowest BCUT2D eigenvalue weighted by Gasteiger charge is -2.20. The van der Waals surface area contributed by atoms with Gasteiger partial charge >= 0.3 is 5.97 Å². The Morgan fingerprint density at radius 2 is 2.20 bits per heavy atom. The first-order valence-corrected chi connectivity index (χ1v) is 6.56. The number of ether oxygens (including phenoxy) is 3. The summed E-state index contributed by atoms with van der Waals surface area (Å²) in [5, 5.41) is 4.30. The first-order valence-electron chi connectivity index (χ1n) is 6.19. The van der Waals surface area contributed by atoms with E-state index >= 15 is 0 Å². The molecule has 0 saturated heterocycles. The van der Waals surface area contributed by atoms with E-state index in [-0.39, 0.29) is 5.71 Å². The van der Waals surface area contributed by atoms with Crippen molar-refractivity contribution in [3.8, 4) is 11.5 Å². The lowest BCUT2D eigenvalue weighted by Crippen LogP contribution is -2.17. The summed E-state index contributed by atoms with van der Waals surface area (Å²) in [6, 6.07) is 3.44. The van der Waals surface area contributed by atoms with Crippen molar-refractivity contribution in [1.29, 1.82) is 0 Å². The van der Waals surface area contributed by atoms with E-state index in [4.69, 9.17) is 25.8 Å². The molecule has 0 aliphatic carbocycles. The van der Waals surface area contributed by atoms with Crippen molar-refractivity contribution in [2.45, 2.75) is 13.8 Å². The van der Waals surface area contributed by atoms with Crippen LogP contribution in [0.4, 0.5) is 5.69 Å². The molecule has 1 N–H and O–H groups in total. The summed E-state index contributed by atoms with van der Waals surface area (Å²) in [5.74, 6) is 0.596. The van der Waals surface area contributed by atoms with Crippen LogP contribution in [-0.2, 0) is 9.53 Å². The first kappa shape index (κ1) is 14.5. The van der Waals surface area contributed by atoms with E-state index < -0.39 is 5.97 Å². The van der Waals surface area contributed by atoms with Crippen molar-refractivity contribution in [3.63, 3.8) is 0 Å². The normalized spacial score (nSPS) is 13.8. The highest BCUT2D eigenvalue weighted by Gasteiger charge is 2.18. The molecule has 0 atom stereocenters. The van der Waals surface area contributed by atoms with Crippen LogP contribution in [0, 0.1) is 0 Å². The number of anilines is 1. The van der Waals surface area contributed by atoms with Gasteiger partial charge in [0.2, 0.25) is 0 Å². The molecule has 0 unspecified atom stereocenters. The van der Waals surface area contributed by atoms with Crippen LogP contribution in [0.3, 0.4) is 0 Å². The summed E-state index contributed by atoms with van der Waals surface area (Å²) in [7, 11) is 0. The first-order chi connectivity index (χ1) is 9.63. The van der Waals surface area contributed by atoms with Crippen molar-refractivity contribution in [3.05, 3.63) is 17.2 Å². The van der Waals surface area contributed by atoms with E-state index in [0.29, 0.717) is 42.0 Å². The van der Waals surface area contributed by atoms with Crippen LogP contribution >= 0.6 is 11.6 Å². The zero-order chi connectivity index (χ0) is 14.5. The standard InChI is InChI=1S/C13H15ClN2O4/c1-3-18-13(17)8(2)15-16-9-4-5-10-12(11(9)14)20-7-6-19-10/h4-5,16H,3,6-7H2,1-2H3/b15-8+. The van der Waals surface area contributed by atoms with E-state index in [1.807, 2.05) is 0 Å². The molecular formula is C13H15ClN2O4. The molecule has 1 heterocycles. The van der Waals surface area contributed by atoms with E-state index in [9.17, 15) is 4.79 Å². The average Bonchev–Trinajstić information content (AvgIpc) is 2.47. The third kappa shape index (κ3) is 3.14. The molecule has 20 heavy (non-hydrogen) atoms. The van der Waals surface area contributed by atoms with Gasteiger partial charge in [0.25, 0.3) is 0 Å². The number of hydrogen-bond donors (Lipinski definition) is 1. The summed E-state index contributed by atoms with van der Waals surface area (Å²) in [4.78, 5) is 11.4. The Labute approximate surface area is 121 Å². The predicted octanol–water partition coefficient (Wildman–Crippen LogP) is 2.46. The molecule has 2 rings (SSSR count). The highest BCUT2D eigenvalue weighted by Crippen LogP contribution is 2.41. The molecule has 6 nitrogen and oxygen atoms in total. The van der Waals surface area contributed by atoms with Gasteiger partial charge in [-0.05, 0) is 26.0 Å². The Morgan fingerprint density at radius 1 is 1.45 bits per heavy atom. The molecule has 1 aliphatic rings. The fraction of sp³-hybridized carbons (Fsp3) is 0.385. The number of hydrogen-bond acceptors (Lipinski definition) is 6. The number of carbonyl (C=O) groups excluding carboxylic acids is 1. The average molecular weight is 299 g/mol. The van der Waals surface area contributed by atoms with Gasteiger partial charge in [0.15, 0.2) is 11.5 Å². The summed E-state index contributed by atoms with van der Waals surface area (Å²) in [5.41, 5.74) is 3.46. The van der Waals surface area contributed by atoms with E-state index in [1.165, 1.54) is 0 Å². The minimum Gasteiger partial charge on any atom is -0.486 e. The van der Waals surface area contributed by atoms with Crippen molar-refractivity contribution in [2.75, 3.05) is 25.2 Å². The Morgan fingerprint density at radius 3 is 2.95 bits per heavy atom. The zero-order valence-corrected chi connectivity index (χ0v) is 12.0. The van der Waals surface area contributed by atoms with Crippen molar-refractivity contribution in [1.82, 2.24) is 0 Å². The SMILES string of the molecule is CCOC(=O)/C(C)=N/Nc1ccc2c(c1Cl)OCCO2. The lowest BCUT2D eigenvalue weighted by atomic mass is 10.2. The second-order valence-corrected chi connectivity index (χ2v) is 4.36. The molecule has 0 amide bonds. The Hall–Kier alpha value is -1.95. The fourth-order valence-electron chi connectivity index (χ4n) is 1.59. The van der Waals surface area contributed by atoms with Crippen LogP contribution in [-0.4, -0.2) is 31.5 Å². The molecule has 1 aliphatic heterocycles. The third-order valence-electron chi connectivity index (χ3n) is 2.56. The van der Waals surface area contributed by atoms with Crippen LogP contribution in [0.5, 0.6) is 11.5 Å². The second-order valence-electron chi connectivity index (χ2n) is 3.98. The number of halogens is 1. The van der Waals surface area contributed by atoms with E-state index in [0.717, 1.165) is 0 Å². The van der Waals surface area contributed by atoms with Gasteiger partial charge in [0, 0.05) is 0 Å². The molecule has 0 aromatic heterocycles. The quantitative estimate of drug-likeness (QED) is 0.525. The number of nitrogens with zero attached hydrogens (tertiary/aromatic N) is 1. The van der Waals surface area contributed by atoms with Gasteiger partial charge in [0.05, 0.1) is 12.3 Å².